The van der Waals surface area contributed by atoms with Gasteiger partial charge >= 0.3 is 0 Å². The van der Waals surface area contributed by atoms with Gasteiger partial charge in [-0.3, -0.25) is 10.1 Å². The van der Waals surface area contributed by atoms with E-state index in [1.165, 1.54) is 46.6 Å². The first-order valence-corrected chi connectivity index (χ1v) is 11.3. The Morgan fingerprint density at radius 2 is 2.07 bits per heavy atom. The average molecular weight is 421 g/mol. The summed E-state index contributed by atoms with van der Waals surface area (Å²) in [5.41, 5.74) is 5.90. The minimum Gasteiger partial charge on any atom is -0.489 e. The molecular formula is C23H20N2O2S2. The number of aryl methyl sites for hydroxylation is 3. The van der Waals surface area contributed by atoms with Crippen LogP contribution in [0.2, 0.25) is 0 Å². The van der Waals surface area contributed by atoms with E-state index in [0.717, 1.165) is 33.5 Å². The molecule has 0 unspecified atom stereocenters. The van der Waals surface area contributed by atoms with E-state index in [9.17, 15) is 4.79 Å². The van der Waals surface area contributed by atoms with Crippen molar-refractivity contribution in [2.24, 2.45) is 0 Å². The van der Waals surface area contributed by atoms with Gasteiger partial charge in [0, 0.05) is 5.56 Å². The van der Waals surface area contributed by atoms with E-state index in [0.29, 0.717) is 16.6 Å². The van der Waals surface area contributed by atoms with E-state index in [2.05, 4.69) is 22.4 Å². The molecule has 0 saturated heterocycles. The number of ether oxygens (including phenoxy) is 1. The van der Waals surface area contributed by atoms with Gasteiger partial charge in [0.1, 0.15) is 12.4 Å². The Morgan fingerprint density at radius 3 is 2.97 bits per heavy atom. The number of carbonyl (C=O) groups is 1. The number of benzene rings is 2. The largest absolute Gasteiger partial charge is 0.489 e. The summed E-state index contributed by atoms with van der Waals surface area (Å²) in [6, 6.07) is 14.3. The minimum absolute atomic E-state index is 0.129. The highest BCUT2D eigenvalue weighted by Crippen LogP contribution is 2.29. The van der Waals surface area contributed by atoms with Crippen molar-refractivity contribution in [3.8, 4) is 5.75 Å². The molecule has 146 valence electrons. The molecule has 0 radical (unpaired) electrons. The number of rotatable bonds is 5. The second-order valence-corrected chi connectivity index (χ2v) is 9.23. The normalized spacial score (nSPS) is 12.9. The van der Waals surface area contributed by atoms with Gasteiger partial charge in [-0.05, 0) is 72.5 Å². The van der Waals surface area contributed by atoms with Gasteiger partial charge in [0.15, 0.2) is 5.13 Å². The smallest absolute Gasteiger partial charge is 0.267 e. The maximum Gasteiger partial charge on any atom is 0.267 e. The summed E-state index contributed by atoms with van der Waals surface area (Å²) in [7, 11) is 0. The summed E-state index contributed by atoms with van der Waals surface area (Å²) in [6.07, 6.45) is 3.55. The third-order valence-electron chi connectivity index (χ3n) is 5.19. The lowest BCUT2D eigenvalue weighted by atomic mass is 10.1. The predicted octanol–water partition coefficient (Wildman–Crippen LogP) is 5.99. The van der Waals surface area contributed by atoms with Crippen LogP contribution in [-0.2, 0) is 19.4 Å². The summed E-state index contributed by atoms with van der Waals surface area (Å²) in [4.78, 5) is 17.8. The quantitative estimate of drug-likeness (QED) is 0.432. The Bertz CT molecular complexity index is 1210. The molecule has 2 heterocycles. The number of nitrogens with zero attached hydrogens (tertiary/aromatic N) is 1. The Hall–Kier alpha value is -2.70. The van der Waals surface area contributed by atoms with Crippen LogP contribution in [0, 0.1) is 6.92 Å². The lowest BCUT2D eigenvalue weighted by molar-refractivity contribution is 0.103. The zero-order chi connectivity index (χ0) is 19.8. The van der Waals surface area contributed by atoms with Crippen LogP contribution in [0.3, 0.4) is 0 Å². The van der Waals surface area contributed by atoms with Crippen molar-refractivity contribution in [2.45, 2.75) is 32.8 Å². The van der Waals surface area contributed by atoms with E-state index in [1.807, 2.05) is 42.6 Å². The SMILES string of the molecule is Cc1cccc2sc(NC(=O)c3cc(COc4ccc5c(c4)CCC5)cs3)nc12. The number of thiophene rings is 1. The Morgan fingerprint density at radius 1 is 1.17 bits per heavy atom. The van der Waals surface area contributed by atoms with E-state index < -0.39 is 0 Å². The second kappa shape index (κ2) is 7.61. The van der Waals surface area contributed by atoms with Crippen molar-refractivity contribution >= 4 is 43.9 Å². The monoisotopic (exact) mass is 420 g/mol. The third kappa shape index (κ3) is 3.78. The predicted molar refractivity (Wildman–Crippen MR) is 119 cm³/mol. The Kier molecular flexibility index (Phi) is 4.81. The zero-order valence-corrected chi connectivity index (χ0v) is 17.7. The summed E-state index contributed by atoms with van der Waals surface area (Å²) in [5.74, 6) is 0.767. The van der Waals surface area contributed by atoms with Crippen molar-refractivity contribution in [1.29, 1.82) is 0 Å². The first-order chi connectivity index (χ1) is 14.2. The topological polar surface area (TPSA) is 51.2 Å². The van der Waals surface area contributed by atoms with Gasteiger partial charge in [0.25, 0.3) is 5.91 Å². The van der Waals surface area contributed by atoms with Gasteiger partial charge in [-0.15, -0.1) is 11.3 Å². The molecule has 0 fully saturated rings. The number of hydrogen-bond acceptors (Lipinski definition) is 5. The molecule has 0 saturated carbocycles. The highest BCUT2D eigenvalue weighted by Gasteiger charge is 2.14. The zero-order valence-electron chi connectivity index (χ0n) is 16.0. The highest BCUT2D eigenvalue weighted by molar-refractivity contribution is 7.22. The fourth-order valence-corrected chi connectivity index (χ4v) is 5.40. The summed E-state index contributed by atoms with van der Waals surface area (Å²) >= 11 is 2.92. The molecule has 6 heteroatoms. The van der Waals surface area contributed by atoms with Crippen molar-refractivity contribution in [3.05, 3.63) is 75.0 Å². The van der Waals surface area contributed by atoms with Crippen LogP contribution < -0.4 is 10.1 Å². The maximum atomic E-state index is 12.6. The number of thiazole rings is 1. The maximum absolute atomic E-state index is 12.6. The molecular weight excluding hydrogens is 400 g/mol. The highest BCUT2D eigenvalue weighted by atomic mass is 32.1. The van der Waals surface area contributed by atoms with Crippen molar-refractivity contribution < 1.29 is 9.53 Å². The lowest BCUT2D eigenvalue weighted by Crippen LogP contribution is -2.09. The number of carbonyl (C=O) groups excluding carboxylic acids is 1. The molecule has 2 aromatic heterocycles. The number of aromatic nitrogens is 1. The number of hydrogen-bond donors (Lipinski definition) is 1. The van der Waals surface area contributed by atoms with E-state index >= 15 is 0 Å². The van der Waals surface area contributed by atoms with E-state index in [1.54, 1.807) is 0 Å². The van der Waals surface area contributed by atoms with Crippen LogP contribution in [0.15, 0.2) is 47.8 Å². The molecule has 0 spiro atoms. The number of nitrogens with one attached hydrogen (secondary N) is 1. The molecule has 1 aliphatic carbocycles. The standard InChI is InChI=1S/C23H20N2O2S2/c1-14-4-2-7-19-21(14)24-23(29-19)25-22(26)20-10-15(13-28-20)12-27-18-9-8-16-5-3-6-17(16)11-18/h2,4,7-11,13H,3,5-6,12H2,1H3,(H,24,25,26). The average Bonchev–Trinajstić information content (AvgIpc) is 3.45. The molecule has 4 nitrogen and oxygen atoms in total. The van der Waals surface area contributed by atoms with Crippen LogP contribution in [0.25, 0.3) is 10.2 Å². The van der Waals surface area contributed by atoms with E-state index in [-0.39, 0.29) is 5.91 Å². The van der Waals surface area contributed by atoms with Crippen LogP contribution in [0.5, 0.6) is 5.75 Å². The minimum atomic E-state index is -0.129. The van der Waals surface area contributed by atoms with Gasteiger partial charge in [-0.2, -0.15) is 0 Å². The van der Waals surface area contributed by atoms with Crippen LogP contribution in [0.4, 0.5) is 5.13 Å². The molecule has 2 aromatic carbocycles. The summed E-state index contributed by atoms with van der Waals surface area (Å²) in [5, 5.41) is 5.53. The first-order valence-electron chi connectivity index (χ1n) is 9.65. The number of fused-ring (bicyclic) bond motifs is 2. The van der Waals surface area contributed by atoms with Crippen molar-refractivity contribution in [1.82, 2.24) is 4.98 Å². The molecule has 1 amide bonds. The molecule has 5 rings (SSSR count). The molecule has 4 aromatic rings. The Balaban J connectivity index is 1.24. The van der Waals surface area contributed by atoms with Gasteiger partial charge in [-0.25, -0.2) is 4.98 Å². The van der Waals surface area contributed by atoms with Gasteiger partial charge in [0.2, 0.25) is 0 Å². The fraction of sp³-hybridized carbons (Fsp3) is 0.217. The second-order valence-electron chi connectivity index (χ2n) is 7.29. The Labute approximate surface area is 177 Å². The molecule has 1 N–H and O–H groups in total. The number of amides is 1. The molecule has 0 atom stereocenters. The van der Waals surface area contributed by atoms with Crippen LogP contribution >= 0.6 is 22.7 Å². The fourth-order valence-electron chi connectivity index (χ4n) is 3.67. The van der Waals surface area contributed by atoms with Crippen molar-refractivity contribution in [3.63, 3.8) is 0 Å². The van der Waals surface area contributed by atoms with E-state index in [4.69, 9.17) is 4.74 Å². The van der Waals surface area contributed by atoms with Crippen LogP contribution in [0.1, 0.15) is 38.3 Å². The molecule has 1 aliphatic rings. The third-order valence-corrected chi connectivity index (χ3v) is 7.11. The lowest BCUT2D eigenvalue weighted by Gasteiger charge is -2.07. The molecule has 29 heavy (non-hydrogen) atoms. The molecule has 0 aliphatic heterocycles. The van der Waals surface area contributed by atoms with Crippen LogP contribution in [-0.4, -0.2) is 10.9 Å². The van der Waals surface area contributed by atoms with Gasteiger partial charge in [-0.1, -0.05) is 29.5 Å². The first kappa shape index (κ1) is 18.3. The van der Waals surface area contributed by atoms with Gasteiger partial charge < -0.3 is 4.74 Å². The molecule has 0 bridgehead atoms. The summed E-state index contributed by atoms with van der Waals surface area (Å²) in [6.45, 7) is 2.49. The summed E-state index contributed by atoms with van der Waals surface area (Å²) < 4.78 is 7.03. The van der Waals surface area contributed by atoms with Gasteiger partial charge in [0.05, 0.1) is 15.1 Å². The number of para-hydroxylation sites is 1. The van der Waals surface area contributed by atoms with Crippen molar-refractivity contribution in [2.75, 3.05) is 5.32 Å². The number of anilines is 1.